The van der Waals surface area contributed by atoms with Crippen molar-refractivity contribution in [3.63, 3.8) is 0 Å². The summed E-state index contributed by atoms with van der Waals surface area (Å²) in [6.45, 7) is 3.40. The van der Waals surface area contributed by atoms with Crippen molar-refractivity contribution in [1.82, 2.24) is 0 Å². The van der Waals surface area contributed by atoms with Crippen molar-refractivity contribution in [2.75, 3.05) is 13.2 Å². The Kier molecular flexibility index (Phi) is 4.39. The maximum atomic E-state index is 11.0. The molecule has 4 atom stereocenters. The zero-order valence-corrected chi connectivity index (χ0v) is 12.4. The standard InChI is InChI=1S/C18H22O3/c1-13(19)21-12-18-16-8-7-15(9-16)17(18)11-20-10-14-5-3-2-4-6-14/h2-8,15-18H,9-12H2,1H3. The predicted molar refractivity (Wildman–Crippen MR) is 80.4 cm³/mol. The zero-order valence-electron chi connectivity index (χ0n) is 12.4. The number of hydrogen-bond donors (Lipinski definition) is 0. The van der Waals surface area contributed by atoms with Crippen LogP contribution in [-0.4, -0.2) is 19.2 Å². The fourth-order valence-electron chi connectivity index (χ4n) is 3.62. The summed E-state index contributed by atoms with van der Waals surface area (Å²) < 4.78 is 11.2. The molecule has 2 bridgehead atoms. The minimum atomic E-state index is -0.189. The second-order valence-electron chi connectivity index (χ2n) is 6.08. The quantitative estimate of drug-likeness (QED) is 0.595. The van der Waals surface area contributed by atoms with Crippen LogP contribution >= 0.6 is 0 Å². The van der Waals surface area contributed by atoms with Crippen LogP contribution in [0.15, 0.2) is 42.5 Å². The first-order valence-electron chi connectivity index (χ1n) is 7.67. The van der Waals surface area contributed by atoms with E-state index >= 15 is 0 Å². The molecule has 2 aliphatic rings. The number of carbonyl (C=O) groups excluding carboxylic acids is 1. The van der Waals surface area contributed by atoms with Crippen molar-refractivity contribution in [1.29, 1.82) is 0 Å². The molecule has 3 heteroatoms. The van der Waals surface area contributed by atoms with Gasteiger partial charge in [0.25, 0.3) is 0 Å². The molecule has 2 aliphatic carbocycles. The van der Waals surface area contributed by atoms with Crippen LogP contribution in [0.1, 0.15) is 18.9 Å². The van der Waals surface area contributed by atoms with Gasteiger partial charge in [-0.05, 0) is 29.7 Å². The average molecular weight is 286 g/mol. The molecule has 0 aromatic heterocycles. The van der Waals surface area contributed by atoms with E-state index in [4.69, 9.17) is 9.47 Å². The van der Waals surface area contributed by atoms with Crippen molar-refractivity contribution in [3.8, 4) is 0 Å². The van der Waals surface area contributed by atoms with E-state index in [2.05, 4.69) is 24.3 Å². The molecule has 21 heavy (non-hydrogen) atoms. The lowest BCUT2D eigenvalue weighted by Gasteiger charge is -2.27. The molecule has 0 heterocycles. The van der Waals surface area contributed by atoms with Gasteiger partial charge < -0.3 is 9.47 Å². The predicted octanol–water partition coefficient (Wildman–Crippen LogP) is 3.20. The molecule has 4 unspecified atom stereocenters. The normalized spacial score (nSPS) is 29.8. The second-order valence-corrected chi connectivity index (χ2v) is 6.08. The number of benzene rings is 1. The molecule has 0 saturated heterocycles. The molecule has 112 valence electrons. The van der Waals surface area contributed by atoms with Gasteiger partial charge in [-0.25, -0.2) is 0 Å². The average Bonchev–Trinajstić information content (AvgIpc) is 3.07. The van der Waals surface area contributed by atoms with Crippen LogP contribution < -0.4 is 0 Å². The fraction of sp³-hybridized carbons (Fsp3) is 0.500. The van der Waals surface area contributed by atoms with Crippen molar-refractivity contribution >= 4 is 5.97 Å². The van der Waals surface area contributed by atoms with Crippen LogP contribution in [-0.2, 0) is 20.9 Å². The van der Waals surface area contributed by atoms with Crippen molar-refractivity contribution in [2.24, 2.45) is 23.7 Å². The fourth-order valence-corrected chi connectivity index (χ4v) is 3.62. The Hall–Kier alpha value is -1.61. The Balaban J connectivity index is 1.53. The summed E-state index contributed by atoms with van der Waals surface area (Å²) in [6, 6.07) is 10.2. The number of rotatable bonds is 6. The van der Waals surface area contributed by atoms with E-state index < -0.39 is 0 Å². The van der Waals surface area contributed by atoms with Gasteiger partial charge in [0.05, 0.1) is 19.8 Å². The van der Waals surface area contributed by atoms with Gasteiger partial charge >= 0.3 is 5.97 Å². The highest BCUT2D eigenvalue weighted by atomic mass is 16.5. The molecule has 1 fully saturated rings. The van der Waals surface area contributed by atoms with Crippen LogP contribution in [0.4, 0.5) is 0 Å². The third-order valence-electron chi connectivity index (χ3n) is 4.70. The summed E-state index contributed by atoms with van der Waals surface area (Å²) in [4.78, 5) is 11.0. The summed E-state index contributed by atoms with van der Waals surface area (Å²) >= 11 is 0. The lowest BCUT2D eigenvalue weighted by molar-refractivity contribution is -0.143. The Morgan fingerprint density at radius 2 is 1.76 bits per heavy atom. The first-order valence-corrected chi connectivity index (χ1v) is 7.67. The Morgan fingerprint density at radius 1 is 1.10 bits per heavy atom. The van der Waals surface area contributed by atoms with Crippen LogP contribution in [0, 0.1) is 23.7 Å². The first-order chi connectivity index (χ1) is 10.2. The van der Waals surface area contributed by atoms with Crippen LogP contribution in [0.25, 0.3) is 0 Å². The molecule has 0 spiro atoms. The Morgan fingerprint density at radius 3 is 2.43 bits per heavy atom. The van der Waals surface area contributed by atoms with Crippen molar-refractivity contribution in [3.05, 3.63) is 48.0 Å². The number of allylic oxidation sites excluding steroid dienone is 2. The van der Waals surface area contributed by atoms with Gasteiger partial charge in [0.15, 0.2) is 0 Å². The van der Waals surface area contributed by atoms with Gasteiger partial charge in [0.2, 0.25) is 0 Å². The van der Waals surface area contributed by atoms with E-state index in [1.807, 2.05) is 18.2 Å². The van der Waals surface area contributed by atoms with E-state index in [1.54, 1.807) is 0 Å². The second kappa shape index (κ2) is 6.44. The highest BCUT2D eigenvalue weighted by molar-refractivity contribution is 5.65. The van der Waals surface area contributed by atoms with Gasteiger partial charge in [0.1, 0.15) is 0 Å². The molecular formula is C18H22O3. The topological polar surface area (TPSA) is 35.5 Å². The van der Waals surface area contributed by atoms with Gasteiger partial charge in [-0.3, -0.25) is 4.79 Å². The van der Waals surface area contributed by atoms with E-state index in [1.165, 1.54) is 18.9 Å². The molecule has 3 nitrogen and oxygen atoms in total. The third kappa shape index (κ3) is 3.35. The SMILES string of the molecule is CC(=O)OCC1C2C=CC(C2)C1COCc1ccccc1. The minimum Gasteiger partial charge on any atom is -0.466 e. The van der Waals surface area contributed by atoms with Crippen LogP contribution in [0.2, 0.25) is 0 Å². The first kappa shape index (κ1) is 14.3. The largest absolute Gasteiger partial charge is 0.466 e. The smallest absolute Gasteiger partial charge is 0.302 e. The number of hydrogen-bond acceptors (Lipinski definition) is 3. The van der Waals surface area contributed by atoms with Gasteiger partial charge in [-0.1, -0.05) is 42.5 Å². The lowest BCUT2D eigenvalue weighted by Crippen LogP contribution is -2.28. The van der Waals surface area contributed by atoms with Crippen molar-refractivity contribution < 1.29 is 14.3 Å². The molecule has 1 saturated carbocycles. The lowest BCUT2D eigenvalue weighted by atomic mass is 9.84. The molecule has 0 radical (unpaired) electrons. The van der Waals surface area contributed by atoms with Crippen LogP contribution in [0.3, 0.4) is 0 Å². The monoisotopic (exact) mass is 286 g/mol. The summed E-state index contributed by atoms with van der Waals surface area (Å²) in [5.41, 5.74) is 1.20. The van der Waals surface area contributed by atoms with Gasteiger partial charge in [-0.2, -0.15) is 0 Å². The summed E-state index contributed by atoms with van der Waals surface area (Å²) in [5.74, 6) is 1.85. The maximum Gasteiger partial charge on any atom is 0.302 e. The van der Waals surface area contributed by atoms with E-state index in [0.29, 0.717) is 36.9 Å². The summed E-state index contributed by atoms with van der Waals surface area (Å²) in [7, 11) is 0. The molecule has 3 rings (SSSR count). The molecule has 1 aromatic rings. The number of fused-ring (bicyclic) bond motifs is 2. The van der Waals surface area contributed by atoms with E-state index in [-0.39, 0.29) is 5.97 Å². The van der Waals surface area contributed by atoms with Crippen LogP contribution in [0.5, 0.6) is 0 Å². The van der Waals surface area contributed by atoms with E-state index in [9.17, 15) is 4.79 Å². The molecular weight excluding hydrogens is 264 g/mol. The number of carbonyl (C=O) groups is 1. The number of ether oxygens (including phenoxy) is 2. The molecule has 0 amide bonds. The third-order valence-corrected chi connectivity index (χ3v) is 4.70. The summed E-state index contributed by atoms with van der Waals surface area (Å²) in [5, 5.41) is 0. The highest BCUT2D eigenvalue weighted by Gasteiger charge is 2.44. The minimum absolute atomic E-state index is 0.189. The maximum absolute atomic E-state index is 11.0. The molecule has 0 aliphatic heterocycles. The van der Waals surface area contributed by atoms with Gasteiger partial charge in [-0.15, -0.1) is 0 Å². The molecule has 1 aromatic carbocycles. The Bertz CT molecular complexity index is 508. The summed E-state index contributed by atoms with van der Waals surface area (Å²) in [6.07, 6.45) is 5.78. The highest BCUT2D eigenvalue weighted by Crippen LogP contribution is 2.48. The van der Waals surface area contributed by atoms with Crippen molar-refractivity contribution in [2.45, 2.75) is 20.0 Å². The zero-order chi connectivity index (χ0) is 14.7. The van der Waals surface area contributed by atoms with Gasteiger partial charge in [0, 0.05) is 12.8 Å². The Labute approximate surface area is 125 Å². The molecule has 0 N–H and O–H groups in total. The van der Waals surface area contributed by atoms with E-state index in [0.717, 1.165) is 6.61 Å². The number of esters is 1.